The van der Waals surface area contributed by atoms with Crippen LogP contribution >= 0.6 is 11.8 Å². The van der Waals surface area contributed by atoms with Crippen LogP contribution in [0.2, 0.25) is 0 Å². The van der Waals surface area contributed by atoms with Crippen LogP contribution in [0.25, 0.3) is 11.3 Å². The van der Waals surface area contributed by atoms with Gasteiger partial charge in [-0.1, -0.05) is 17.8 Å². The Kier molecular flexibility index (Phi) is 6.38. The molecule has 2 aromatic carbocycles. The van der Waals surface area contributed by atoms with Crippen LogP contribution in [0.1, 0.15) is 6.92 Å². The molecule has 3 aromatic rings. The van der Waals surface area contributed by atoms with Gasteiger partial charge in [0.25, 0.3) is 0 Å². The molecule has 138 valence electrons. The molecule has 1 heterocycles. The monoisotopic (exact) mass is 383 g/mol. The molecule has 27 heavy (non-hydrogen) atoms. The highest BCUT2D eigenvalue weighted by atomic mass is 32.2. The summed E-state index contributed by atoms with van der Waals surface area (Å²) in [5, 5.41) is 11.6. The second-order valence-corrected chi connectivity index (χ2v) is 6.56. The van der Waals surface area contributed by atoms with Gasteiger partial charge in [-0.3, -0.25) is 4.79 Å². The number of aromatic nitrogens is 2. The molecule has 5 nitrogen and oxygen atoms in total. The third-order valence-corrected chi connectivity index (χ3v) is 4.48. The van der Waals surface area contributed by atoms with Gasteiger partial charge in [0.15, 0.2) is 0 Å². The highest BCUT2D eigenvalue weighted by Crippen LogP contribution is 2.22. The maximum atomic E-state index is 13.1. The average Bonchev–Trinajstić information content (AvgIpc) is 2.68. The number of amides is 1. The Hall–Kier alpha value is -2.93. The van der Waals surface area contributed by atoms with E-state index in [1.807, 2.05) is 43.3 Å². The van der Waals surface area contributed by atoms with Crippen LogP contribution in [-0.4, -0.2) is 28.5 Å². The van der Waals surface area contributed by atoms with Gasteiger partial charge >= 0.3 is 0 Å². The van der Waals surface area contributed by atoms with Crippen LogP contribution in [0.4, 0.5) is 10.1 Å². The third kappa shape index (κ3) is 5.52. The number of hydrogen-bond donors (Lipinski definition) is 1. The zero-order valence-corrected chi connectivity index (χ0v) is 15.5. The van der Waals surface area contributed by atoms with Crippen LogP contribution < -0.4 is 10.1 Å². The molecule has 1 N–H and O–H groups in total. The molecule has 1 aromatic heterocycles. The van der Waals surface area contributed by atoms with Gasteiger partial charge < -0.3 is 10.1 Å². The van der Waals surface area contributed by atoms with Crippen molar-refractivity contribution in [3.63, 3.8) is 0 Å². The minimum absolute atomic E-state index is 0.160. The van der Waals surface area contributed by atoms with Crippen molar-refractivity contribution in [2.75, 3.05) is 17.7 Å². The zero-order chi connectivity index (χ0) is 19.1. The molecule has 3 rings (SSSR count). The number of anilines is 1. The number of nitrogens with one attached hydrogen (secondary N) is 1. The number of benzene rings is 2. The molecule has 0 unspecified atom stereocenters. The van der Waals surface area contributed by atoms with Crippen LogP contribution in [-0.2, 0) is 4.79 Å². The molecule has 7 heteroatoms. The van der Waals surface area contributed by atoms with E-state index in [0.29, 0.717) is 17.3 Å². The highest BCUT2D eigenvalue weighted by molar-refractivity contribution is 7.99. The van der Waals surface area contributed by atoms with E-state index in [4.69, 9.17) is 4.74 Å². The molecular formula is C20H18FN3O2S. The fourth-order valence-corrected chi connectivity index (χ4v) is 2.96. The Labute approximate surface area is 161 Å². The Morgan fingerprint density at radius 3 is 2.59 bits per heavy atom. The summed E-state index contributed by atoms with van der Waals surface area (Å²) in [7, 11) is 0. The van der Waals surface area contributed by atoms with Gasteiger partial charge in [-0.15, -0.1) is 10.2 Å². The topological polar surface area (TPSA) is 64.1 Å². The first-order valence-corrected chi connectivity index (χ1v) is 9.38. The maximum absolute atomic E-state index is 13.1. The Morgan fingerprint density at radius 1 is 1.11 bits per heavy atom. The van der Waals surface area contributed by atoms with Crippen molar-refractivity contribution >= 4 is 23.4 Å². The maximum Gasteiger partial charge on any atom is 0.234 e. The van der Waals surface area contributed by atoms with E-state index in [0.717, 1.165) is 17.0 Å². The quantitative estimate of drug-likeness (QED) is 0.612. The van der Waals surface area contributed by atoms with Crippen molar-refractivity contribution in [1.29, 1.82) is 0 Å². The molecule has 0 aliphatic rings. The Balaban J connectivity index is 1.55. The van der Waals surface area contributed by atoms with E-state index in [2.05, 4.69) is 15.5 Å². The molecule has 1 amide bonds. The van der Waals surface area contributed by atoms with Crippen LogP contribution in [0.15, 0.2) is 65.7 Å². The van der Waals surface area contributed by atoms with Gasteiger partial charge in [0.1, 0.15) is 16.6 Å². The van der Waals surface area contributed by atoms with E-state index in [1.54, 1.807) is 12.1 Å². The summed E-state index contributed by atoms with van der Waals surface area (Å²) in [6.07, 6.45) is 0. The molecule has 0 radical (unpaired) electrons. The molecule has 0 saturated carbocycles. The predicted molar refractivity (Wildman–Crippen MR) is 104 cm³/mol. The normalized spacial score (nSPS) is 10.4. The molecule has 0 aliphatic heterocycles. The summed E-state index contributed by atoms with van der Waals surface area (Å²) in [5.74, 6) is 0.345. The molecule has 0 fully saturated rings. The standard InChI is InChI=1S/C20H18FN3O2S/c1-2-26-17-8-6-14(7-9-17)18-10-11-20(24-23-18)27-13-19(25)22-16-5-3-4-15(21)12-16/h3-12H,2,13H2,1H3,(H,22,25). The fourth-order valence-electron chi connectivity index (χ4n) is 2.34. The van der Waals surface area contributed by atoms with Crippen molar-refractivity contribution in [3.8, 4) is 17.0 Å². The molecule has 0 aliphatic carbocycles. The minimum Gasteiger partial charge on any atom is -0.494 e. The predicted octanol–water partition coefficient (Wildman–Crippen LogP) is 4.41. The summed E-state index contributed by atoms with van der Waals surface area (Å²) in [4.78, 5) is 12.0. The summed E-state index contributed by atoms with van der Waals surface area (Å²) in [5.41, 5.74) is 2.11. The van der Waals surface area contributed by atoms with Crippen molar-refractivity contribution in [2.45, 2.75) is 11.9 Å². The SMILES string of the molecule is CCOc1ccc(-c2ccc(SCC(=O)Nc3cccc(F)c3)nn2)cc1. The van der Waals surface area contributed by atoms with Gasteiger partial charge in [0.2, 0.25) is 5.91 Å². The lowest BCUT2D eigenvalue weighted by molar-refractivity contribution is -0.113. The first-order valence-electron chi connectivity index (χ1n) is 8.39. The smallest absolute Gasteiger partial charge is 0.234 e. The first kappa shape index (κ1) is 18.8. The van der Waals surface area contributed by atoms with Crippen molar-refractivity contribution in [2.24, 2.45) is 0 Å². The van der Waals surface area contributed by atoms with Crippen LogP contribution in [0, 0.1) is 5.82 Å². The van der Waals surface area contributed by atoms with E-state index in [9.17, 15) is 9.18 Å². The lowest BCUT2D eigenvalue weighted by Gasteiger charge is -2.06. The Morgan fingerprint density at radius 2 is 1.93 bits per heavy atom. The van der Waals surface area contributed by atoms with Crippen LogP contribution in [0.5, 0.6) is 5.75 Å². The van der Waals surface area contributed by atoms with E-state index >= 15 is 0 Å². The first-order chi connectivity index (χ1) is 13.1. The highest BCUT2D eigenvalue weighted by Gasteiger charge is 2.07. The van der Waals surface area contributed by atoms with Crippen molar-refractivity contribution in [3.05, 3.63) is 66.5 Å². The van der Waals surface area contributed by atoms with Crippen molar-refractivity contribution < 1.29 is 13.9 Å². The van der Waals surface area contributed by atoms with Crippen molar-refractivity contribution in [1.82, 2.24) is 10.2 Å². The Bertz CT molecular complexity index is 902. The van der Waals surface area contributed by atoms with Gasteiger partial charge in [-0.25, -0.2) is 4.39 Å². The number of hydrogen-bond acceptors (Lipinski definition) is 5. The number of carbonyl (C=O) groups is 1. The number of ether oxygens (including phenoxy) is 1. The van der Waals surface area contributed by atoms with Gasteiger partial charge in [-0.05, 0) is 61.5 Å². The molecule has 0 bridgehead atoms. The van der Waals surface area contributed by atoms with Gasteiger partial charge in [0, 0.05) is 11.3 Å². The number of carbonyl (C=O) groups excluding carboxylic acids is 1. The van der Waals surface area contributed by atoms with E-state index in [1.165, 1.54) is 23.9 Å². The van der Waals surface area contributed by atoms with E-state index in [-0.39, 0.29) is 11.7 Å². The summed E-state index contributed by atoms with van der Waals surface area (Å²) in [6, 6.07) is 17.1. The number of rotatable bonds is 7. The summed E-state index contributed by atoms with van der Waals surface area (Å²) < 4.78 is 18.5. The van der Waals surface area contributed by atoms with Gasteiger partial charge in [-0.2, -0.15) is 0 Å². The third-order valence-electron chi connectivity index (χ3n) is 3.56. The minimum atomic E-state index is -0.392. The van der Waals surface area contributed by atoms with Crippen LogP contribution in [0.3, 0.4) is 0 Å². The molecule has 0 spiro atoms. The summed E-state index contributed by atoms with van der Waals surface area (Å²) in [6.45, 7) is 2.56. The number of halogens is 1. The second kappa shape index (κ2) is 9.14. The largest absolute Gasteiger partial charge is 0.494 e. The average molecular weight is 383 g/mol. The number of thioether (sulfide) groups is 1. The van der Waals surface area contributed by atoms with E-state index < -0.39 is 5.82 Å². The second-order valence-electron chi connectivity index (χ2n) is 5.56. The lowest BCUT2D eigenvalue weighted by atomic mass is 10.1. The molecule has 0 saturated heterocycles. The molecule has 0 atom stereocenters. The molecular weight excluding hydrogens is 365 g/mol. The number of nitrogens with zero attached hydrogens (tertiary/aromatic N) is 2. The fraction of sp³-hybridized carbons (Fsp3) is 0.150. The summed E-state index contributed by atoms with van der Waals surface area (Å²) >= 11 is 1.27. The zero-order valence-electron chi connectivity index (χ0n) is 14.7. The van der Waals surface area contributed by atoms with Gasteiger partial charge in [0.05, 0.1) is 18.1 Å². The lowest BCUT2D eigenvalue weighted by Crippen LogP contribution is -2.14.